The lowest BCUT2D eigenvalue weighted by molar-refractivity contribution is 0.0746. The van der Waals surface area contributed by atoms with Gasteiger partial charge in [-0.1, -0.05) is 17.7 Å². The molecule has 8 heteroatoms. The molecule has 1 fully saturated rings. The largest absolute Gasteiger partial charge is 0.337 e. The molecular weight excluding hydrogens is 357 g/mol. The van der Waals surface area contributed by atoms with Crippen LogP contribution in [0.1, 0.15) is 16.1 Å². The molecule has 0 unspecified atom stereocenters. The quantitative estimate of drug-likeness (QED) is 0.693. The average Bonchev–Trinajstić information content (AvgIpc) is 3.09. The van der Waals surface area contributed by atoms with Crippen LogP contribution in [0.5, 0.6) is 0 Å². The van der Waals surface area contributed by atoms with Gasteiger partial charge in [-0.25, -0.2) is 4.39 Å². The second-order valence-corrected chi connectivity index (χ2v) is 6.68. The highest BCUT2D eigenvalue weighted by atomic mass is 35.5. The van der Waals surface area contributed by atoms with Crippen LogP contribution in [-0.4, -0.2) is 51.6 Å². The number of amides is 1. The van der Waals surface area contributed by atoms with Gasteiger partial charge in [-0.3, -0.25) is 9.20 Å². The molecule has 0 radical (unpaired) electrons. The van der Waals surface area contributed by atoms with Gasteiger partial charge in [0, 0.05) is 37.4 Å². The van der Waals surface area contributed by atoms with Gasteiger partial charge in [0.25, 0.3) is 5.91 Å². The second-order valence-electron chi connectivity index (χ2n) is 6.27. The maximum absolute atomic E-state index is 13.3. The molecule has 4 rings (SSSR count). The second kappa shape index (κ2) is 6.57. The molecular formula is C18H17ClFN5O. The molecule has 1 aromatic carbocycles. The van der Waals surface area contributed by atoms with Gasteiger partial charge in [0.15, 0.2) is 5.65 Å². The summed E-state index contributed by atoms with van der Waals surface area (Å²) in [6.45, 7) is 4.41. The summed E-state index contributed by atoms with van der Waals surface area (Å²) in [6, 6.07) is 9.94. The van der Waals surface area contributed by atoms with Crippen molar-refractivity contribution in [1.82, 2.24) is 19.5 Å². The van der Waals surface area contributed by atoms with Gasteiger partial charge in [0.05, 0.1) is 5.02 Å². The van der Waals surface area contributed by atoms with Crippen molar-refractivity contribution in [3.8, 4) is 0 Å². The molecule has 2 aromatic heterocycles. The Morgan fingerprint density at radius 3 is 2.62 bits per heavy atom. The average molecular weight is 374 g/mol. The SMILES string of the molecule is Cc1cccc2nnc(N3CCN(C(=O)c4ccc(F)c(Cl)c4)CC3)n12. The number of pyridine rings is 1. The fourth-order valence-electron chi connectivity index (χ4n) is 3.21. The number of carbonyl (C=O) groups excluding carboxylic acids is 1. The first-order valence-corrected chi connectivity index (χ1v) is 8.72. The van der Waals surface area contributed by atoms with E-state index in [1.54, 1.807) is 4.90 Å². The minimum atomic E-state index is -0.526. The normalized spacial score (nSPS) is 14.9. The zero-order chi connectivity index (χ0) is 18.3. The lowest BCUT2D eigenvalue weighted by Gasteiger charge is -2.34. The Hall–Kier alpha value is -2.67. The molecule has 1 saturated heterocycles. The van der Waals surface area contributed by atoms with Gasteiger partial charge in [-0.2, -0.15) is 0 Å². The van der Waals surface area contributed by atoms with E-state index in [-0.39, 0.29) is 10.9 Å². The van der Waals surface area contributed by atoms with Crippen LogP contribution in [0.3, 0.4) is 0 Å². The summed E-state index contributed by atoms with van der Waals surface area (Å²) in [7, 11) is 0. The maximum atomic E-state index is 13.3. The molecule has 6 nitrogen and oxygen atoms in total. The fraction of sp³-hybridized carbons (Fsp3) is 0.278. The lowest BCUT2D eigenvalue weighted by atomic mass is 10.2. The first-order chi connectivity index (χ1) is 12.5. The van der Waals surface area contributed by atoms with Crippen molar-refractivity contribution in [3.05, 3.63) is 58.5 Å². The van der Waals surface area contributed by atoms with Crippen molar-refractivity contribution >= 4 is 29.1 Å². The number of anilines is 1. The minimum absolute atomic E-state index is 0.0418. The number of rotatable bonds is 2. The number of fused-ring (bicyclic) bond motifs is 1. The lowest BCUT2D eigenvalue weighted by Crippen LogP contribution is -2.49. The smallest absolute Gasteiger partial charge is 0.254 e. The molecule has 1 aliphatic rings. The number of aromatic nitrogens is 3. The Kier molecular flexibility index (Phi) is 4.24. The van der Waals surface area contributed by atoms with Gasteiger partial charge in [0.1, 0.15) is 5.82 Å². The van der Waals surface area contributed by atoms with Crippen LogP contribution < -0.4 is 4.90 Å². The summed E-state index contributed by atoms with van der Waals surface area (Å²) in [6.07, 6.45) is 0. The summed E-state index contributed by atoms with van der Waals surface area (Å²) in [5.74, 6) is 0.117. The highest BCUT2D eigenvalue weighted by molar-refractivity contribution is 6.31. The van der Waals surface area contributed by atoms with Crippen LogP contribution in [0.15, 0.2) is 36.4 Å². The van der Waals surface area contributed by atoms with Crippen LogP contribution in [-0.2, 0) is 0 Å². The molecule has 0 aliphatic carbocycles. The van der Waals surface area contributed by atoms with E-state index in [0.29, 0.717) is 31.7 Å². The Labute approximate surface area is 154 Å². The number of piperazine rings is 1. The Balaban J connectivity index is 1.50. The predicted molar refractivity (Wildman–Crippen MR) is 97.3 cm³/mol. The third-order valence-electron chi connectivity index (χ3n) is 4.62. The van der Waals surface area contributed by atoms with Gasteiger partial charge < -0.3 is 9.80 Å². The first-order valence-electron chi connectivity index (χ1n) is 8.34. The monoisotopic (exact) mass is 373 g/mol. The van der Waals surface area contributed by atoms with Crippen molar-refractivity contribution in [2.45, 2.75) is 6.92 Å². The molecule has 0 bridgehead atoms. The zero-order valence-electron chi connectivity index (χ0n) is 14.2. The van der Waals surface area contributed by atoms with Crippen molar-refractivity contribution in [1.29, 1.82) is 0 Å². The van der Waals surface area contributed by atoms with E-state index >= 15 is 0 Å². The molecule has 1 amide bonds. The number of halogens is 2. The van der Waals surface area contributed by atoms with Crippen molar-refractivity contribution in [2.24, 2.45) is 0 Å². The van der Waals surface area contributed by atoms with Crippen molar-refractivity contribution in [2.75, 3.05) is 31.1 Å². The van der Waals surface area contributed by atoms with Gasteiger partial charge in [-0.05, 0) is 37.3 Å². The molecule has 1 aliphatic heterocycles. The van der Waals surface area contributed by atoms with E-state index < -0.39 is 5.82 Å². The molecule has 26 heavy (non-hydrogen) atoms. The van der Waals surface area contributed by atoms with Gasteiger partial charge in [0.2, 0.25) is 5.95 Å². The van der Waals surface area contributed by atoms with Crippen molar-refractivity contribution < 1.29 is 9.18 Å². The maximum Gasteiger partial charge on any atom is 0.254 e. The third kappa shape index (κ3) is 2.88. The predicted octanol–water partition coefficient (Wildman–Crippen LogP) is 2.79. The number of benzene rings is 1. The topological polar surface area (TPSA) is 53.7 Å². The number of aryl methyl sites for hydroxylation is 1. The highest BCUT2D eigenvalue weighted by Crippen LogP contribution is 2.20. The van der Waals surface area contributed by atoms with Crippen LogP contribution >= 0.6 is 11.6 Å². The summed E-state index contributed by atoms with van der Waals surface area (Å²) in [5.41, 5.74) is 2.26. The van der Waals surface area contributed by atoms with Crippen LogP contribution in [0.25, 0.3) is 5.65 Å². The zero-order valence-corrected chi connectivity index (χ0v) is 14.9. The van der Waals surface area contributed by atoms with E-state index in [4.69, 9.17) is 11.6 Å². The Morgan fingerprint density at radius 2 is 1.88 bits per heavy atom. The van der Waals surface area contributed by atoms with Gasteiger partial charge >= 0.3 is 0 Å². The summed E-state index contributed by atoms with van der Waals surface area (Å²) in [4.78, 5) is 16.5. The van der Waals surface area contributed by atoms with E-state index in [2.05, 4.69) is 15.1 Å². The molecule has 0 spiro atoms. The van der Waals surface area contributed by atoms with Crippen molar-refractivity contribution in [3.63, 3.8) is 0 Å². The Bertz CT molecular complexity index is 981. The molecule has 3 aromatic rings. The van der Waals surface area contributed by atoms with Crippen LogP contribution in [0.2, 0.25) is 5.02 Å². The molecule has 3 heterocycles. The Morgan fingerprint density at radius 1 is 1.12 bits per heavy atom. The highest BCUT2D eigenvalue weighted by Gasteiger charge is 2.25. The molecule has 0 saturated carbocycles. The number of hydrogen-bond acceptors (Lipinski definition) is 4. The van der Waals surface area contributed by atoms with E-state index in [9.17, 15) is 9.18 Å². The van der Waals surface area contributed by atoms with Crippen LogP contribution in [0.4, 0.5) is 10.3 Å². The summed E-state index contributed by atoms with van der Waals surface area (Å²) >= 11 is 5.79. The fourth-order valence-corrected chi connectivity index (χ4v) is 3.39. The van der Waals surface area contributed by atoms with Crippen LogP contribution in [0, 0.1) is 12.7 Å². The van der Waals surface area contributed by atoms with E-state index in [1.807, 2.05) is 29.5 Å². The number of nitrogens with zero attached hydrogens (tertiary/aromatic N) is 5. The molecule has 0 atom stereocenters. The van der Waals surface area contributed by atoms with E-state index in [0.717, 1.165) is 17.3 Å². The number of carbonyl (C=O) groups is 1. The summed E-state index contributed by atoms with van der Waals surface area (Å²) in [5, 5.41) is 8.48. The minimum Gasteiger partial charge on any atom is -0.337 e. The standard InChI is InChI=1S/C18H17ClFN5O/c1-12-3-2-4-16-21-22-18(25(12)16)24-9-7-23(8-10-24)17(26)13-5-6-15(20)14(19)11-13/h2-6,11H,7-10H2,1H3. The summed E-state index contributed by atoms with van der Waals surface area (Å²) < 4.78 is 15.3. The van der Waals surface area contributed by atoms with Gasteiger partial charge in [-0.15, -0.1) is 10.2 Å². The number of hydrogen-bond donors (Lipinski definition) is 0. The van der Waals surface area contributed by atoms with E-state index in [1.165, 1.54) is 18.2 Å². The molecule has 0 N–H and O–H groups in total. The first kappa shape index (κ1) is 16.8. The third-order valence-corrected chi connectivity index (χ3v) is 4.91. The molecule has 134 valence electrons.